The molecule has 2 aliphatic heterocycles. The van der Waals surface area contributed by atoms with Crippen LogP contribution in [0, 0.1) is 11.2 Å². The molecule has 0 saturated carbocycles. The Balaban J connectivity index is 1.31. The van der Waals surface area contributed by atoms with Crippen LogP contribution in [0.2, 0.25) is 0 Å². The number of carbonyl (C=O) groups excluding carboxylic acids is 1. The number of benzene rings is 1. The molecule has 2 fully saturated rings. The second kappa shape index (κ2) is 10.4. The van der Waals surface area contributed by atoms with Crippen LogP contribution in [-0.2, 0) is 30.7 Å². The van der Waals surface area contributed by atoms with Crippen LogP contribution >= 0.6 is 0 Å². The maximum absolute atomic E-state index is 13.8. The van der Waals surface area contributed by atoms with Crippen molar-refractivity contribution in [2.24, 2.45) is 5.41 Å². The molecule has 0 bridgehead atoms. The van der Waals surface area contributed by atoms with E-state index in [1.165, 1.54) is 22.6 Å². The standard InChI is InChI=1S/C28H30FN5O5S/c1-2-39-27(35)28-16-20-17-31-34(23-5-3-22(29)4-6-23)25(20)15-21(28)9-10-33(19-28)40(36,37)24-7-8-26(30-18-24)32-11-13-38-14-12-32/h3-8,15,17-18H,2,9-14,16,19H2,1H3/t28-/m0/s1. The Morgan fingerprint density at radius 3 is 2.58 bits per heavy atom. The zero-order valence-electron chi connectivity index (χ0n) is 22.1. The van der Waals surface area contributed by atoms with Crippen LogP contribution in [0.4, 0.5) is 10.2 Å². The number of anilines is 1. The highest BCUT2D eigenvalue weighted by atomic mass is 32.2. The molecular formula is C28H30FN5O5S. The number of hydrogen-bond donors (Lipinski definition) is 0. The minimum Gasteiger partial charge on any atom is -0.465 e. The largest absolute Gasteiger partial charge is 0.465 e. The number of piperidine rings is 1. The number of halogens is 1. The Labute approximate surface area is 232 Å². The molecule has 0 radical (unpaired) electrons. The van der Waals surface area contributed by atoms with Gasteiger partial charge in [-0.25, -0.2) is 22.5 Å². The second-order valence-electron chi connectivity index (χ2n) is 10.1. The number of pyridine rings is 1. The molecule has 2 aromatic heterocycles. The highest BCUT2D eigenvalue weighted by Gasteiger charge is 2.52. The molecule has 2 saturated heterocycles. The van der Waals surface area contributed by atoms with Crippen molar-refractivity contribution in [3.05, 3.63) is 71.4 Å². The van der Waals surface area contributed by atoms with Gasteiger partial charge in [-0.3, -0.25) is 4.79 Å². The third-order valence-electron chi connectivity index (χ3n) is 7.81. The molecular weight excluding hydrogens is 537 g/mol. The van der Waals surface area contributed by atoms with E-state index in [0.717, 1.165) is 16.8 Å². The fourth-order valence-electron chi connectivity index (χ4n) is 5.70. The average molecular weight is 568 g/mol. The summed E-state index contributed by atoms with van der Waals surface area (Å²) in [6, 6.07) is 9.30. The number of nitrogens with zero attached hydrogens (tertiary/aromatic N) is 5. The van der Waals surface area contributed by atoms with Crippen LogP contribution in [0.1, 0.15) is 24.6 Å². The van der Waals surface area contributed by atoms with Crippen LogP contribution < -0.4 is 4.90 Å². The first-order valence-corrected chi connectivity index (χ1v) is 14.8. The topological polar surface area (TPSA) is 107 Å². The van der Waals surface area contributed by atoms with E-state index in [2.05, 4.69) is 15.0 Å². The van der Waals surface area contributed by atoms with Gasteiger partial charge in [-0.1, -0.05) is 0 Å². The van der Waals surface area contributed by atoms with Gasteiger partial charge in [-0.15, -0.1) is 0 Å². The summed E-state index contributed by atoms with van der Waals surface area (Å²) in [6.07, 6.45) is 5.57. The maximum atomic E-state index is 13.8. The molecule has 6 rings (SSSR count). The number of ether oxygens (including phenoxy) is 2. The predicted octanol–water partition coefficient (Wildman–Crippen LogP) is 2.83. The van der Waals surface area contributed by atoms with Crippen molar-refractivity contribution in [1.82, 2.24) is 19.1 Å². The predicted molar refractivity (Wildman–Crippen MR) is 145 cm³/mol. The Morgan fingerprint density at radius 2 is 1.88 bits per heavy atom. The second-order valence-corrected chi connectivity index (χ2v) is 12.1. The number of carbonyl (C=O) groups is 1. The molecule has 3 aromatic rings. The lowest BCUT2D eigenvalue weighted by Gasteiger charge is -2.43. The SMILES string of the molecule is CCOC(=O)[C@]12Cc3cnn(-c4ccc(F)cc4)c3C=C1CCN(S(=O)(=O)c1ccc(N3CCOCC3)nc1)C2. The summed E-state index contributed by atoms with van der Waals surface area (Å²) >= 11 is 0. The van der Waals surface area contributed by atoms with Gasteiger partial charge in [-0.05, 0) is 73.4 Å². The van der Waals surface area contributed by atoms with Crippen LogP contribution in [0.3, 0.4) is 0 Å². The molecule has 1 aromatic carbocycles. The van der Waals surface area contributed by atoms with Crippen molar-refractivity contribution in [3.63, 3.8) is 0 Å². The zero-order valence-corrected chi connectivity index (χ0v) is 22.9. The first-order chi connectivity index (χ1) is 19.3. The molecule has 4 heterocycles. The zero-order chi connectivity index (χ0) is 27.9. The average Bonchev–Trinajstić information content (AvgIpc) is 3.39. The van der Waals surface area contributed by atoms with E-state index in [9.17, 15) is 17.6 Å². The monoisotopic (exact) mass is 567 g/mol. The maximum Gasteiger partial charge on any atom is 0.317 e. The van der Waals surface area contributed by atoms with Crippen molar-refractivity contribution in [2.45, 2.75) is 24.7 Å². The number of rotatable bonds is 6. The van der Waals surface area contributed by atoms with Gasteiger partial charge < -0.3 is 14.4 Å². The molecule has 1 atom stereocenters. The lowest BCUT2D eigenvalue weighted by molar-refractivity contribution is -0.154. The van der Waals surface area contributed by atoms with Gasteiger partial charge in [0.15, 0.2) is 0 Å². The van der Waals surface area contributed by atoms with Gasteiger partial charge in [-0.2, -0.15) is 9.40 Å². The number of aromatic nitrogens is 3. The van der Waals surface area contributed by atoms with E-state index < -0.39 is 21.4 Å². The number of morpholine rings is 1. The van der Waals surface area contributed by atoms with Crippen molar-refractivity contribution in [3.8, 4) is 5.69 Å². The quantitative estimate of drug-likeness (QED) is 0.419. The normalized spacial score (nSPS) is 21.4. The van der Waals surface area contributed by atoms with Crippen molar-refractivity contribution >= 4 is 27.9 Å². The minimum absolute atomic E-state index is 0.0492. The van der Waals surface area contributed by atoms with E-state index in [1.807, 2.05) is 6.08 Å². The molecule has 10 nitrogen and oxygen atoms in total. The summed E-state index contributed by atoms with van der Waals surface area (Å²) in [5.74, 6) is -0.0989. The van der Waals surface area contributed by atoms with Crippen LogP contribution in [0.5, 0.6) is 0 Å². The molecule has 3 aliphatic rings. The van der Waals surface area contributed by atoms with E-state index in [-0.39, 0.29) is 36.8 Å². The summed E-state index contributed by atoms with van der Waals surface area (Å²) in [4.78, 5) is 20.1. The molecule has 0 unspecified atom stereocenters. The van der Waals surface area contributed by atoms with Crippen molar-refractivity contribution in [1.29, 1.82) is 0 Å². The fraction of sp³-hybridized carbons (Fsp3) is 0.393. The summed E-state index contributed by atoms with van der Waals surface area (Å²) in [5, 5.41) is 4.50. The van der Waals surface area contributed by atoms with E-state index in [1.54, 1.807) is 42.1 Å². The van der Waals surface area contributed by atoms with Gasteiger partial charge >= 0.3 is 5.97 Å². The van der Waals surface area contributed by atoms with E-state index in [0.29, 0.717) is 44.2 Å². The van der Waals surface area contributed by atoms with Gasteiger partial charge in [0.1, 0.15) is 21.9 Å². The number of esters is 1. The molecule has 1 aliphatic carbocycles. The van der Waals surface area contributed by atoms with Crippen LogP contribution in [0.25, 0.3) is 11.8 Å². The number of sulfonamides is 1. The molecule has 0 amide bonds. The summed E-state index contributed by atoms with van der Waals surface area (Å²) in [5.41, 5.74) is 1.90. The fourth-order valence-corrected chi connectivity index (χ4v) is 7.15. The van der Waals surface area contributed by atoms with Gasteiger partial charge in [0, 0.05) is 32.4 Å². The van der Waals surface area contributed by atoms with Gasteiger partial charge in [0.2, 0.25) is 10.0 Å². The lowest BCUT2D eigenvalue weighted by Crippen LogP contribution is -2.53. The summed E-state index contributed by atoms with van der Waals surface area (Å²) in [7, 11) is -3.93. The first kappa shape index (κ1) is 26.6. The molecule has 0 spiro atoms. The van der Waals surface area contributed by atoms with Crippen molar-refractivity contribution < 1.29 is 27.1 Å². The van der Waals surface area contributed by atoms with E-state index >= 15 is 0 Å². The van der Waals surface area contributed by atoms with Crippen LogP contribution in [-0.4, -0.2) is 79.5 Å². The first-order valence-electron chi connectivity index (χ1n) is 13.3. The highest BCUT2D eigenvalue weighted by Crippen LogP contribution is 2.46. The Kier molecular flexibility index (Phi) is 6.93. The van der Waals surface area contributed by atoms with Gasteiger partial charge in [0.05, 0.1) is 37.4 Å². The molecule has 40 heavy (non-hydrogen) atoms. The van der Waals surface area contributed by atoms with Gasteiger partial charge in [0.25, 0.3) is 0 Å². The van der Waals surface area contributed by atoms with Crippen LogP contribution in [0.15, 0.2) is 59.3 Å². The number of hydrogen-bond acceptors (Lipinski definition) is 8. The Bertz CT molecular complexity index is 1550. The highest BCUT2D eigenvalue weighted by molar-refractivity contribution is 7.89. The molecule has 210 valence electrons. The molecule has 12 heteroatoms. The summed E-state index contributed by atoms with van der Waals surface area (Å²) in [6.45, 7) is 4.67. The number of fused-ring (bicyclic) bond motifs is 2. The van der Waals surface area contributed by atoms with E-state index in [4.69, 9.17) is 9.47 Å². The summed E-state index contributed by atoms with van der Waals surface area (Å²) < 4.78 is 55.0. The molecule has 0 N–H and O–H groups in total. The Morgan fingerprint density at radius 1 is 1.10 bits per heavy atom. The van der Waals surface area contributed by atoms with Crippen molar-refractivity contribution in [2.75, 3.05) is 50.9 Å². The Hall–Kier alpha value is -3.61. The smallest absolute Gasteiger partial charge is 0.317 e. The third kappa shape index (κ3) is 4.59. The lowest BCUT2D eigenvalue weighted by atomic mass is 9.69. The third-order valence-corrected chi connectivity index (χ3v) is 9.64. The minimum atomic E-state index is -3.93.